The van der Waals surface area contributed by atoms with Gasteiger partial charge < -0.3 is 14.0 Å². The zero-order valence-corrected chi connectivity index (χ0v) is 15.6. The number of aryl methyl sites for hydroxylation is 1. The zero-order valence-electron chi connectivity index (χ0n) is 15.6. The number of esters is 1. The molecule has 0 saturated heterocycles. The molecule has 0 aliphatic carbocycles. The summed E-state index contributed by atoms with van der Waals surface area (Å²) in [6.45, 7) is 6.37. The Labute approximate surface area is 158 Å². The summed E-state index contributed by atoms with van der Waals surface area (Å²) in [5, 5.41) is 3.95. The Balaban J connectivity index is 1.57. The van der Waals surface area contributed by atoms with Gasteiger partial charge in [0.25, 0.3) is 5.89 Å². The monoisotopic (exact) mass is 366 g/mol. The van der Waals surface area contributed by atoms with Gasteiger partial charge in [-0.1, -0.05) is 41.6 Å². The first-order chi connectivity index (χ1) is 13.0. The largest absolute Gasteiger partial charge is 0.452 e. The molecule has 0 bridgehead atoms. The summed E-state index contributed by atoms with van der Waals surface area (Å²) in [6, 6.07) is 14.9. The maximum atomic E-state index is 12.2. The predicted octanol–water partition coefficient (Wildman–Crippen LogP) is 4.33. The van der Waals surface area contributed by atoms with E-state index in [4.69, 9.17) is 14.0 Å². The number of rotatable bonds is 7. The molecule has 0 radical (unpaired) electrons. The molecule has 0 unspecified atom stereocenters. The van der Waals surface area contributed by atoms with Crippen LogP contribution in [0.4, 0.5) is 0 Å². The minimum Gasteiger partial charge on any atom is -0.452 e. The number of benzene rings is 2. The minimum atomic E-state index is -0.443. The molecule has 27 heavy (non-hydrogen) atoms. The molecule has 3 rings (SSSR count). The first-order valence-electron chi connectivity index (χ1n) is 8.79. The van der Waals surface area contributed by atoms with Gasteiger partial charge in [-0.2, -0.15) is 4.98 Å². The Bertz CT molecular complexity index is 901. The van der Waals surface area contributed by atoms with E-state index in [2.05, 4.69) is 10.1 Å². The van der Waals surface area contributed by atoms with Gasteiger partial charge in [-0.25, -0.2) is 4.79 Å². The van der Waals surface area contributed by atoms with Crippen molar-refractivity contribution in [2.75, 3.05) is 0 Å². The molecule has 1 aromatic heterocycles. The molecule has 0 saturated carbocycles. The summed E-state index contributed by atoms with van der Waals surface area (Å²) in [7, 11) is 0. The van der Waals surface area contributed by atoms with Gasteiger partial charge in [0.05, 0.1) is 18.3 Å². The fourth-order valence-electron chi connectivity index (χ4n) is 2.46. The van der Waals surface area contributed by atoms with Crippen LogP contribution in [0.3, 0.4) is 0 Å². The summed E-state index contributed by atoms with van der Waals surface area (Å²) >= 11 is 0. The summed E-state index contributed by atoms with van der Waals surface area (Å²) in [4.78, 5) is 16.5. The smallest absolute Gasteiger partial charge is 0.338 e. The third-order valence-electron chi connectivity index (χ3n) is 3.95. The van der Waals surface area contributed by atoms with Gasteiger partial charge in [0.15, 0.2) is 6.61 Å². The molecule has 0 atom stereocenters. The van der Waals surface area contributed by atoms with Crippen molar-refractivity contribution in [3.8, 4) is 11.4 Å². The molecule has 6 nitrogen and oxygen atoms in total. The van der Waals surface area contributed by atoms with Crippen molar-refractivity contribution >= 4 is 5.97 Å². The second kappa shape index (κ2) is 8.60. The summed E-state index contributed by atoms with van der Waals surface area (Å²) < 4.78 is 16.0. The SMILES string of the molecule is Cc1ccccc1-c1noc(COC(=O)c2ccc(COC(C)C)cc2)n1. The number of carbonyl (C=O) groups excluding carboxylic acids is 1. The lowest BCUT2D eigenvalue weighted by Gasteiger charge is -2.08. The molecule has 1 heterocycles. The number of aromatic nitrogens is 2. The standard InChI is InChI=1S/C21H22N2O4/c1-14(2)25-12-16-8-10-17(11-9-16)21(24)26-13-19-22-20(23-27-19)18-7-5-4-6-15(18)3/h4-11,14H,12-13H2,1-3H3. The van der Waals surface area contributed by atoms with Gasteiger partial charge in [-0.05, 0) is 44.0 Å². The van der Waals surface area contributed by atoms with Crippen LogP contribution >= 0.6 is 0 Å². The van der Waals surface area contributed by atoms with Crippen molar-refractivity contribution in [3.63, 3.8) is 0 Å². The van der Waals surface area contributed by atoms with Crippen LogP contribution in [-0.4, -0.2) is 22.2 Å². The maximum absolute atomic E-state index is 12.2. The third-order valence-corrected chi connectivity index (χ3v) is 3.95. The Kier molecular flexibility index (Phi) is 5.98. The van der Waals surface area contributed by atoms with Gasteiger partial charge in [-0.3, -0.25) is 0 Å². The molecule has 2 aromatic carbocycles. The Morgan fingerprint density at radius 3 is 2.52 bits per heavy atom. The van der Waals surface area contributed by atoms with E-state index in [-0.39, 0.29) is 18.6 Å². The van der Waals surface area contributed by atoms with Crippen LogP contribution in [0, 0.1) is 6.92 Å². The Morgan fingerprint density at radius 2 is 1.81 bits per heavy atom. The maximum Gasteiger partial charge on any atom is 0.338 e. The first kappa shape index (κ1) is 18.8. The Morgan fingerprint density at radius 1 is 1.07 bits per heavy atom. The van der Waals surface area contributed by atoms with Crippen molar-refractivity contribution in [3.05, 3.63) is 71.1 Å². The molecule has 0 N–H and O–H groups in total. The van der Waals surface area contributed by atoms with E-state index in [0.717, 1.165) is 16.7 Å². The first-order valence-corrected chi connectivity index (χ1v) is 8.79. The van der Waals surface area contributed by atoms with Crippen molar-refractivity contribution in [2.45, 2.75) is 40.1 Å². The van der Waals surface area contributed by atoms with E-state index >= 15 is 0 Å². The second-order valence-corrected chi connectivity index (χ2v) is 6.46. The second-order valence-electron chi connectivity index (χ2n) is 6.46. The molecule has 0 aliphatic rings. The summed E-state index contributed by atoms with van der Waals surface area (Å²) in [5.74, 6) is 0.291. The number of nitrogens with zero attached hydrogens (tertiary/aromatic N) is 2. The third kappa shape index (κ3) is 5.01. The highest BCUT2D eigenvalue weighted by atomic mass is 16.6. The number of hydrogen-bond acceptors (Lipinski definition) is 6. The molecule has 6 heteroatoms. The lowest BCUT2D eigenvalue weighted by molar-refractivity contribution is 0.0429. The van der Waals surface area contributed by atoms with E-state index in [1.165, 1.54) is 0 Å². The van der Waals surface area contributed by atoms with Crippen LogP contribution in [0.25, 0.3) is 11.4 Å². The van der Waals surface area contributed by atoms with Gasteiger partial charge >= 0.3 is 5.97 Å². The highest BCUT2D eigenvalue weighted by Crippen LogP contribution is 2.20. The van der Waals surface area contributed by atoms with Gasteiger partial charge in [0.2, 0.25) is 5.82 Å². The highest BCUT2D eigenvalue weighted by molar-refractivity contribution is 5.89. The predicted molar refractivity (Wildman–Crippen MR) is 100.0 cm³/mol. The molecular weight excluding hydrogens is 344 g/mol. The number of ether oxygens (including phenoxy) is 2. The summed E-state index contributed by atoms with van der Waals surface area (Å²) in [6.07, 6.45) is 0.161. The fraction of sp³-hybridized carbons (Fsp3) is 0.286. The molecule has 0 spiro atoms. The van der Waals surface area contributed by atoms with Crippen molar-refractivity contribution in [2.24, 2.45) is 0 Å². The highest BCUT2D eigenvalue weighted by Gasteiger charge is 2.13. The van der Waals surface area contributed by atoms with Crippen LogP contribution < -0.4 is 0 Å². The average molecular weight is 366 g/mol. The van der Waals surface area contributed by atoms with Crippen LogP contribution in [0.2, 0.25) is 0 Å². The molecular formula is C21H22N2O4. The molecule has 140 valence electrons. The normalized spacial score (nSPS) is 11.0. The van der Waals surface area contributed by atoms with Crippen LogP contribution in [0.1, 0.15) is 41.2 Å². The molecule has 0 aliphatic heterocycles. The van der Waals surface area contributed by atoms with Crippen molar-refractivity contribution in [1.29, 1.82) is 0 Å². The molecule has 0 fully saturated rings. The minimum absolute atomic E-state index is 0.0735. The molecule has 3 aromatic rings. The average Bonchev–Trinajstić information content (AvgIpc) is 3.14. The van der Waals surface area contributed by atoms with Gasteiger partial charge in [-0.15, -0.1) is 0 Å². The van der Waals surface area contributed by atoms with Crippen molar-refractivity contribution in [1.82, 2.24) is 10.1 Å². The van der Waals surface area contributed by atoms with E-state index in [1.54, 1.807) is 12.1 Å². The van der Waals surface area contributed by atoms with E-state index < -0.39 is 5.97 Å². The van der Waals surface area contributed by atoms with Gasteiger partial charge in [0, 0.05) is 5.56 Å². The van der Waals surface area contributed by atoms with Crippen molar-refractivity contribution < 1.29 is 18.8 Å². The zero-order chi connectivity index (χ0) is 19.2. The van der Waals surface area contributed by atoms with Crippen LogP contribution in [0.5, 0.6) is 0 Å². The lowest BCUT2D eigenvalue weighted by Crippen LogP contribution is -2.06. The topological polar surface area (TPSA) is 74.5 Å². The van der Waals surface area contributed by atoms with Crippen LogP contribution in [-0.2, 0) is 22.7 Å². The fourth-order valence-corrected chi connectivity index (χ4v) is 2.46. The van der Waals surface area contributed by atoms with Gasteiger partial charge in [0.1, 0.15) is 0 Å². The van der Waals surface area contributed by atoms with Crippen LogP contribution in [0.15, 0.2) is 53.1 Å². The number of hydrogen-bond donors (Lipinski definition) is 0. The van der Waals surface area contributed by atoms with E-state index in [1.807, 2.05) is 57.2 Å². The van der Waals surface area contributed by atoms with E-state index in [0.29, 0.717) is 18.0 Å². The lowest BCUT2D eigenvalue weighted by atomic mass is 10.1. The summed E-state index contributed by atoms with van der Waals surface area (Å²) in [5.41, 5.74) is 3.39. The quantitative estimate of drug-likeness (QED) is 0.580. The number of carbonyl (C=O) groups is 1. The van der Waals surface area contributed by atoms with E-state index in [9.17, 15) is 4.79 Å². The Hall–Kier alpha value is -2.99. The molecule has 0 amide bonds.